The normalized spacial score (nSPS) is 10.1. The summed E-state index contributed by atoms with van der Waals surface area (Å²) < 4.78 is 1.75. The van der Waals surface area contributed by atoms with Crippen LogP contribution in [0.25, 0.3) is 5.69 Å². The lowest BCUT2D eigenvalue weighted by atomic mass is 10.2. The molecule has 1 aromatic carbocycles. The Balaban J connectivity index is 2.41. The van der Waals surface area contributed by atoms with Gasteiger partial charge in [0.15, 0.2) is 0 Å². The quantitative estimate of drug-likeness (QED) is 0.922. The first kappa shape index (κ1) is 15.6. The summed E-state index contributed by atoms with van der Waals surface area (Å²) in [5.41, 5.74) is 2.70. The maximum absolute atomic E-state index is 12.3. The Labute approximate surface area is 130 Å². The van der Waals surface area contributed by atoms with Gasteiger partial charge >= 0.3 is 0 Å². The number of anilines is 1. The summed E-state index contributed by atoms with van der Waals surface area (Å²) in [7, 11) is 3.95. The fourth-order valence-electron chi connectivity index (χ4n) is 2.20. The molecule has 5 nitrogen and oxygen atoms in total. The van der Waals surface area contributed by atoms with Crippen molar-refractivity contribution in [2.24, 2.45) is 0 Å². The zero-order valence-electron chi connectivity index (χ0n) is 13.1. The van der Waals surface area contributed by atoms with E-state index in [2.05, 4.69) is 11.4 Å². The van der Waals surface area contributed by atoms with Crippen LogP contribution in [-0.2, 0) is 0 Å². The molecular weight excluding hydrogens is 276 g/mol. The lowest BCUT2D eigenvalue weighted by Gasteiger charge is -2.14. The molecule has 5 heteroatoms. The molecule has 0 saturated carbocycles. The predicted molar refractivity (Wildman–Crippen MR) is 87.4 cm³/mol. The summed E-state index contributed by atoms with van der Waals surface area (Å²) in [5, 5.41) is 12.0. The van der Waals surface area contributed by atoms with Gasteiger partial charge in [0.1, 0.15) is 11.8 Å². The highest BCUT2D eigenvalue weighted by Gasteiger charge is 2.17. The van der Waals surface area contributed by atoms with Gasteiger partial charge in [0, 0.05) is 38.2 Å². The van der Waals surface area contributed by atoms with Gasteiger partial charge in [-0.1, -0.05) is 6.92 Å². The maximum Gasteiger partial charge on any atom is 0.269 e. The second-order valence-corrected chi connectivity index (χ2v) is 5.23. The van der Waals surface area contributed by atoms with E-state index in [1.807, 2.05) is 50.2 Å². The molecule has 0 aliphatic rings. The van der Waals surface area contributed by atoms with Gasteiger partial charge in [0.2, 0.25) is 0 Å². The molecule has 1 heterocycles. The number of aromatic nitrogens is 1. The standard InChI is InChI=1S/C17H20N4O/c1-4-10-19-17(22)16-13(12-18)9-11-21(16)15-7-5-14(6-8-15)20(2)3/h5-9,11H,4,10H2,1-3H3,(H,19,22). The van der Waals surface area contributed by atoms with Crippen molar-refractivity contribution < 1.29 is 4.79 Å². The number of rotatable bonds is 5. The van der Waals surface area contributed by atoms with Crippen LogP contribution in [0.15, 0.2) is 36.5 Å². The van der Waals surface area contributed by atoms with E-state index in [0.717, 1.165) is 17.8 Å². The lowest BCUT2D eigenvalue weighted by molar-refractivity contribution is 0.0946. The lowest BCUT2D eigenvalue weighted by Crippen LogP contribution is -2.27. The third-order valence-electron chi connectivity index (χ3n) is 3.40. The molecule has 0 radical (unpaired) electrons. The molecule has 0 fully saturated rings. The molecule has 1 aromatic heterocycles. The first-order valence-corrected chi connectivity index (χ1v) is 7.26. The molecule has 0 unspecified atom stereocenters. The smallest absolute Gasteiger partial charge is 0.269 e. The van der Waals surface area contributed by atoms with Gasteiger partial charge in [-0.25, -0.2) is 0 Å². The van der Waals surface area contributed by atoms with E-state index in [4.69, 9.17) is 0 Å². The molecule has 0 saturated heterocycles. The maximum atomic E-state index is 12.3. The van der Waals surface area contributed by atoms with Crippen molar-refractivity contribution in [3.05, 3.63) is 47.8 Å². The monoisotopic (exact) mass is 296 g/mol. The summed E-state index contributed by atoms with van der Waals surface area (Å²) in [4.78, 5) is 14.3. The molecule has 0 atom stereocenters. The minimum Gasteiger partial charge on any atom is -0.378 e. The van der Waals surface area contributed by atoms with E-state index in [1.54, 1.807) is 16.8 Å². The Bertz CT molecular complexity index is 692. The second kappa shape index (κ2) is 6.81. The van der Waals surface area contributed by atoms with Crippen molar-refractivity contribution in [2.75, 3.05) is 25.5 Å². The first-order chi connectivity index (χ1) is 10.6. The van der Waals surface area contributed by atoms with Crippen LogP contribution in [0, 0.1) is 11.3 Å². The van der Waals surface area contributed by atoms with Crippen LogP contribution in [0.4, 0.5) is 5.69 Å². The molecule has 114 valence electrons. The first-order valence-electron chi connectivity index (χ1n) is 7.26. The fourth-order valence-corrected chi connectivity index (χ4v) is 2.20. The third-order valence-corrected chi connectivity index (χ3v) is 3.40. The van der Waals surface area contributed by atoms with Gasteiger partial charge in [-0.3, -0.25) is 4.79 Å². The third kappa shape index (κ3) is 3.12. The summed E-state index contributed by atoms with van der Waals surface area (Å²) in [5.74, 6) is -0.222. The highest BCUT2D eigenvalue weighted by atomic mass is 16.1. The average Bonchev–Trinajstić information content (AvgIpc) is 2.96. The molecule has 2 rings (SSSR count). The molecular formula is C17H20N4O. The van der Waals surface area contributed by atoms with E-state index in [0.29, 0.717) is 17.8 Å². The van der Waals surface area contributed by atoms with Crippen LogP contribution >= 0.6 is 0 Å². The number of hydrogen-bond acceptors (Lipinski definition) is 3. The number of nitrogens with zero attached hydrogens (tertiary/aromatic N) is 3. The Morgan fingerprint density at radius 3 is 2.50 bits per heavy atom. The van der Waals surface area contributed by atoms with Gasteiger partial charge in [0.25, 0.3) is 5.91 Å². The minimum atomic E-state index is -0.222. The number of amides is 1. The zero-order chi connectivity index (χ0) is 16.1. The van der Waals surface area contributed by atoms with Gasteiger partial charge in [-0.2, -0.15) is 5.26 Å². The van der Waals surface area contributed by atoms with Crippen molar-refractivity contribution in [1.29, 1.82) is 5.26 Å². The van der Waals surface area contributed by atoms with Crippen LogP contribution < -0.4 is 10.2 Å². The van der Waals surface area contributed by atoms with E-state index in [-0.39, 0.29) is 5.91 Å². The second-order valence-electron chi connectivity index (χ2n) is 5.23. The molecule has 1 N–H and O–H groups in total. The molecule has 0 aliphatic carbocycles. The van der Waals surface area contributed by atoms with Crippen molar-refractivity contribution in [2.45, 2.75) is 13.3 Å². The van der Waals surface area contributed by atoms with E-state index < -0.39 is 0 Å². The van der Waals surface area contributed by atoms with Crippen molar-refractivity contribution in [3.8, 4) is 11.8 Å². The van der Waals surface area contributed by atoms with Gasteiger partial charge < -0.3 is 14.8 Å². The minimum absolute atomic E-state index is 0.222. The van der Waals surface area contributed by atoms with Crippen molar-refractivity contribution in [3.63, 3.8) is 0 Å². The molecule has 1 amide bonds. The molecule has 0 bridgehead atoms. The largest absolute Gasteiger partial charge is 0.378 e. The summed E-state index contributed by atoms with van der Waals surface area (Å²) >= 11 is 0. The van der Waals surface area contributed by atoms with Gasteiger partial charge in [-0.05, 0) is 36.8 Å². The average molecular weight is 296 g/mol. The van der Waals surface area contributed by atoms with Crippen LogP contribution in [0.1, 0.15) is 29.4 Å². The Morgan fingerprint density at radius 1 is 1.27 bits per heavy atom. The number of hydrogen-bond donors (Lipinski definition) is 1. The van der Waals surface area contributed by atoms with Crippen LogP contribution in [0.3, 0.4) is 0 Å². The van der Waals surface area contributed by atoms with Gasteiger partial charge in [-0.15, -0.1) is 0 Å². The Morgan fingerprint density at radius 2 is 1.95 bits per heavy atom. The highest BCUT2D eigenvalue weighted by molar-refractivity contribution is 5.95. The van der Waals surface area contributed by atoms with E-state index >= 15 is 0 Å². The Hall–Kier alpha value is -2.74. The number of benzene rings is 1. The Kier molecular flexibility index (Phi) is 4.84. The van der Waals surface area contributed by atoms with Crippen LogP contribution in [0.2, 0.25) is 0 Å². The SMILES string of the molecule is CCCNC(=O)c1c(C#N)ccn1-c1ccc(N(C)C)cc1. The number of carbonyl (C=O) groups excluding carboxylic acids is 1. The van der Waals surface area contributed by atoms with Crippen LogP contribution in [-0.4, -0.2) is 31.1 Å². The summed E-state index contributed by atoms with van der Waals surface area (Å²) in [6, 6.07) is 11.6. The van der Waals surface area contributed by atoms with Crippen molar-refractivity contribution in [1.82, 2.24) is 9.88 Å². The highest BCUT2D eigenvalue weighted by Crippen LogP contribution is 2.20. The molecule has 22 heavy (non-hydrogen) atoms. The molecule has 2 aromatic rings. The number of carbonyl (C=O) groups is 1. The van der Waals surface area contributed by atoms with Gasteiger partial charge in [0.05, 0.1) is 5.56 Å². The predicted octanol–water partition coefficient (Wildman–Crippen LogP) is 2.55. The van der Waals surface area contributed by atoms with E-state index in [1.165, 1.54) is 0 Å². The van der Waals surface area contributed by atoms with E-state index in [9.17, 15) is 10.1 Å². The molecule has 0 aliphatic heterocycles. The van der Waals surface area contributed by atoms with Crippen molar-refractivity contribution >= 4 is 11.6 Å². The van der Waals surface area contributed by atoms with Crippen LogP contribution in [0.5, 0.6) is 0 Å². The topological polar surface area (TPSA) is 61.1 Å². The summed E-state index contributed by atoms with van der Waals surface area (Å²) in [6.07, 6.45) is 2.61. The fraction of sp³-hybridized carbons (Fsp3) is 0.294. The molecule has 0 spiro atoms. The summed E-state index contributed by atoms with van der Waals surface area (Å²) in [6.45, 7) is 2.58. The zero-order valence-corrected chi connectivity index (χ0v) is 13.1. The number of nitriles is 1. The number of nitrogens with one attached hydrogen (secondary N) is 1.